The predicted octanol–water partition coefficient (Wildman–Crippen LogP) is 5.31. The molecule has 4 aromatic rings. The fraction of sp³-hybridized carbons (Fsp3) is 0.308. The highest BCUT2D eigenvalue weighted by Gasteiger charge is 2.17. The van der Waals surface area contributed by atoms with Crippen molar-refractivity contribution in [1.29, 1.82) is 0 Å². The minimum Gasteiger partial charge on any atom is -0.420 e. The number of aromatic nitrogens is 4. The van der Waals surface area contributed by atoms with E-state index >= 15 is 0 Å². The van der Waals surface area contributed by atoms with E-state index in [2.05, 4.69) is 29.4 Å². The fourth-order valence-corrected chi connectivity index (χ4v) is 3.65. The van der Waals surface area contributed by atoms with Gasteiger partial charge in [-0.15, -0.1) is 10.2 Å². The number of carbonyl (C=O) groups is 1. The summed E-state index contributed by atoms with van der Waals surface area (Å²) in [7, 11) is 0. The lowest BCUT2D eigenvalue weighted by atomic mass is 10.1. The second-order valence-electron chi connectivity index (χ2n) is 8.65. The minimum atomic E-state index is -0.128. The highest BCUT2D eigenvalue weighted by molar-refractivity contribution is 5.95. The number of nitrogens with zero attached hydrogens (tertiary/aromatic N) is 4. The Morgan fingerprint density at radius 1 is 1.03 bits per heavy atom. The Hall–Kier alpha value is -3.74. The van der Waals surface area contributed by atoms with Crippen molar-refractivity contribution in [2.45, 2.75) is 46.6 Å². The maximum absolute atomic E-state index is 13.0. The Morgan fingerprint density at radius 3 is 2.52 bits per heavy atom. The molecular formula is C26H29N5O2. The van der Waals surface area contributed by atoms with Crippen LogP contribution in [0.4, 0.5) is 0 Å². The van der Waals surface area contributed by atoms with Crippen LogP contribution in [0.2, 0.25) is 0 Å². The average molecular weight is 444 g/mol. The number of aryl methyl sites for hydroxylation is 2. The molecule has 4 rings (SSSR count). The van der Waals surface area contributed by atoms with Gasteiger partial charge in [0.2, 0.25) is 5.89 Å². The summed E-state index contributed by atoms with van der Waals surface area (Å²) in [6, 6.07) is 19.3. The Bertz CT molecular complexity index is 1230. The monoisotopic (exact) mass is 443 g/mol. The molecule has 0 aliphatic rings. The van der Waals surface area contributed by atoms with Crippen molar-refractivity contribution in [3.8, 4) is 17.3 Å². The summed E-state index contributed by atoms with van der Waals surface area (Å²) in [5, 5.41) is 15.8. The molecule has 170 valence electrons. The smallest absolute Gasteiger partial charge is 0.268 e. The molecule has 0 spiro atoms. The lowest BCUT2D eigenvalue weighted by Gasteiger charge is -2.15. The molecule has 0 saturated carbocycles. The van der Waals surface area contributed by atoms with Crippen molar-refractivity contribution in [2.75, 3.05) is 0 Å². The molecule has 2 aromatic carbocycles. The summed E-state index contributed by atoms with van der Waals surface area (Å²) in [5.74, 6) is 1.31. The van der Waals surface area contributed by atoms with E-state index in [0.29, 0.717) is 29.0 Å². The first-order valence-corrected chi connectivity index (χ1v) is 11.3. The van der Waals surface area contributed by atoms with Crippen LogP contribution in [-0.2, 0) is 6.42 Å². The number of hydrogen-bond acceptors (Lipinski definition) is 5. The van der Waals surface area contributed by atoms with Gasteiger partial charge in [0.25, 0.3) is 11.8 Å². The van der Waals surface area contributed by atoms with E-state index in [1.807, 2.05) is 72.3 Å². The maximum Gasteiger partial charge on any atom is 0.268 e. The normalized spacial score (nSPS) is 12.2. The van der Waals surface area contributed by atoms with Crippen molar-refractivity contribution in [1.82, 2.24) is 25.3 Å². The summed E-state index contributed by atoms with van der Waals surface area (Å²) < 4.78 is 7.45. The third-order valence-electron chi connectivity index (χ3n) is 5.51. The van der Waals surface area contributed by atoms with Gasteiger partial charge in [-0.25, -0.2) is 4.68 Å². The number of hydrogen-bond donors (Lipinski definition) is 1. The molecule has 1 amide bonds. The average Bonchev–Trinajstić information content (AvgIpc) is 3.44. The third-order valence-corrected chi connectivity index (χ3v) is 5.51. The number of nitrogens with one attached hydrogen (secondary N) is 1. The van der Waals surface area contributed by atoms with Gasteiger partial charge in [-0.05, 0) is 55.5 Å². The Morgan fingerprint density at radius 2 is 1.82 bits per heavy atom. The van der Waals surface area contributed by atoms with E-state index < -0.39 is 0 Å². The summed E-state index contributed by atoms with van der Waals surface area (Å²) in [6.07, 6.45) is 1.86. The highest BCUT2D eigenvalue weighted by atomic mass is 16.4. The van der Waals surface area contributed by atoms with E-state index in [9.17, 15) is 4.79 Å². The number of rotatable bonds is 8. The van der Waals surface area contributed by atoms with Gasteiger partial charge in [0.1, 0.15) is 5.69 Å². The lowest BCUT2D eigenvalue weighted by Crippen LogP contribution is -2.26. The second-order valence-corrected chi connectivity index (χ2v) is 8.65. The Balaban J connectivity index is 1.62. The number of amides is 1. The molecule has 0 aliphatic carbocycles. The predicted molar refractivity (Wildman–Crippen MR) is 127 cm³/mol. The standard InChI is InChI=1S/C26H29N5O2/c1-17(2)13-14-23-16-24(26-29-28-19(4)33-26)30-31(23)22-12-8-11-21(15-22)25(32)27-18(3)20-9-6-5-7-10-20/h5-12,15-18H,13-14H2,1-4H3,(H,27,32)/t18-/m0/s1. The molecule has 1 N–H and O–H groups in total. The molecule has 0 radical (unpaired) electrons. The van der Waals surface area contributed by atoms with Crippen molar-refractivity contribution in [3.63, 3.8) is 0 Å². The summed E-state index contributed by atoms with van der Waals surface area (Å²) >= 11 is 0. The molecule has 2 heterocycles. The molecule has 0 unspecified atom stereocenters. The fourth-order valence-electron chi connectivity index (χ4n) is 3.65. The van der Waals surface area contributed by atoms with Gasteiger partial charge >= 0.3 is 0 Å². The van der Waals surface area contributed by atoms with E-state index in [0.717, 1.165) is 29.8 Å². The van der Waals surface area contributed by atoms with Crippen LogP contribution in [0.3, 0.4) is 0 Å². The summed E-state index contributed by atoms with van der Waals surface area (Å²) in [6.45, 7) is 8.13. The quantitative estimate of drug-likeness (QED) is 0.399. The molecule has 0 aliphatic heterocycles. The van der Waals surface area contributed by atoms with Crippen molar-refractivity contribution in [2.24, 2.45) is 5.92 Å². The largest absolute Gasteiger partial charge is 0.420 e. The number of benzene rings is 2. The van der Waals surface area contributed by atoms with Gasteiger partial charge in [-0.3, -0.25) is 4.79 Å². The van der Waals surface area contributed by atoms with Crippen LogP contribution in [-0.4, -0.2) is 25.9 Å². The molecule has 0 fully saturated rings. The summed E-state index contributed by atoms with van der Waals surface area (Å²) in [4.78, 5) is 13.0. The van der Waals surface area contributed by atoms with Crippen LogP contribution < -0.4 is 5.32 Å². The maximum atomic E-state index is 13.0. The Kier molecular flexibility index (Phi) is 6.68. The first-order chi connectivity index (χ1) is 15.9. The molecule has 0 saturated heterocycles. The third kappa shape index (κ3) is 5.37. The van der Waals surface area contributed by atoms with Gasteiger partial charge in [-0.1, -0.05) is 50.2 Å². The molecule has 7 nitrogen and oxygen atoms in total. The SMILES string of the molecule is Cc1nnc(-c2cc(CCC(C)C)n(-c3cccc(C(=O)N[C@@H](C)c4ccccc4)c3)n2)o1. The lowest BCUT2D eigenvalue weighted by molar-refractivity contribution is 0.0940. The van der Waals surface area contributed by atoms with Crippen LogP contribution in [0.1, 0.15) is 60.7 Å². The van der Waals surface area contributed by atoms with Crippen molar-refractivity contribution >= 4 is 5.91 Å². The van der Waals surface area contributed by atoms with E-state index in [1.54, 1.807) is 6.92 Å². The molecular weight excluding hydrogens is 414 g/mol. The van der Waals surface area contributed by atoms with E-state index in [-0.39, 0.29) is 11.9 Å². The zero-order valence-electron chi connectivity index (χ0n) is 19.4. The topological polar surface area (TPSA) is 85.8 Å². The molecule has 2 aromatic heterocycles. The van der Waals surface area contributed by atoms with Gasteiger partial charge in [0.15, 0.2) is 0 Å². The van der Waals surface area contributed by atoms with Crippen LogP contribution in [0.15, 0.2) is 65.1 Å². The van der Waals surface area contributed by atoms with Gasteiger partial charge in [0.05, 0.1) is 11.7 Å². The highest BCUT2D eigenvalue weighted by Crippen LogP contribution is 2.23. The van der Waals surface area contributed by atoms with Crippen LogP contribution in [0, 0.1) is 12.8 Å². The zero-order valence-corrected chi connectivity index (χ0v) is 19.4. The van der Waals surface area contributed by atoms with E-state index in [4.69, 9.17) is 9.52 Å². The van der Waals surface area contributed by atoms with E-state index in [1.165, 1.54) is 0 Å². The van der Waals surface area contributed by atoms with Crippen molar-refractivity contribution < 1.29 is 9.21 Å². The van der Waals surface area contributed by atoms with Crippen LogP contribution >= 0.6 is 0 Å². The molecule has 7 heteroatoms. The molecule has 1 atom stereocenters. The molecule has 33 heavy (non-hydrogen) atoms. The Labute approximate surface area is 193 Å². The molecule has 0 bridgehead atoms. The van der Waals surface area contributed by atoms with Gasteiger partial charge in [-0.2, -0.15) is 5.10 Å². The minimum absolute atomic E-state index is 0.0963. The zero-order chi connectivity index (χ0) is 23.4. The first-order valence-electron chi connectivity index (χ1n) is 11.3. The summed E-state index contributed by atoms with van der Waals surface area (Å²) in [5.41, 5.74) is 4.11. The van der Waals surface area contributed by atoms with Crippen LogP contribution in [0.5, 0.6) is 0 Å². The first kappa shape index (κ1) is 22.5. The second kappa shape index (κ2) is 9.81. The van der Waals surface area contributed by atoms with Crippen molar-refractivity contribution in [3.05, 3.63) is 83.4 Å². The van der Waals surface area contributed by atoms with Gasteiger partial charge < -0.3 is 9.73 Å². The number of carbonyl (C=O) groups excluding carboxylic acids is 1. The van der Waals surface area contributed by atoms with Gasteiger partial charge in [0, 0.05) is 18.2 Å². The van der Waals surface area contributed by atoms with Crippen LogP contribution in [0.25, 0.3) is 17.3 Å².